The predicted molar refractivity (Wildman–Crippen MR) is 353 cm³/mol. The molecule has 0 N–H and O–H groups in total. The second-order valence-electron chi connectivity index (χ2n) is 23.1. The van der Waals surface area contributed by atoms with Gasteiger partial charge in [0.25, 0.3) is 0 Å². The quantitative estimate of drug-likeness (QED) is 0.0261. The molecule has 0 spiro atoms. The van der Waals surface area contributed by atoms with E-state index in [-0.39, 0.29) is 31.1 Å². The highest BCUT2D eigenvalue weighted by atomic mass is 16.6. The molecule has 1 unspecified atom stereocenters. The zero-order valence-electron chi connectivity index (χ0n) is 53.5. The van der Waals surface area contributed by atoms with E-state index < -0.39 is 6.10 Å². The summed E-state index contributed by atoms with van der Waals surface area (Å²) >= 11 is 0. The Kier molecular flexibility index (Phi) is 65.7. The highest BCUT2D eigenvalue weighted by Gasteiger charge is 2.19. The van der Waals surface area contributed by atoms with Crippen LogP contribution in [0.1, 0.15) is 342 Å². The predicted octanol–water partition coefficient (Wildman–Crippen LogP) is 24.0. The lowest BCUT2D eigenvalue weighted by Crippen LogP contribution is -2.30. The first kappa shape index (κ1) is 77.3. The molecule has 0 aliphatic rings. The molecule has 6 heteroatoms. The molecule has 0 aromatic carbocycles. The summed E-state index contributed by atoms with van der Waals surface area (Å²) in [6.07, 6.45) is 92.8. The van der Waals surface area contributed by atoms with Crippen LogP contribution < -0.4 is 0 Å². The highest BCUT2D eigenvalue weighted by molar-refractivity contribution is 5.71. The molecule has 0 heterocycles. The Morgan fingerprint density at radius 2 is 0.481 bits per heavy atom. The van der Waals surface area contributed by atoms with Crippen molar-refractivity contribution in [1.29, 1.82) is 0 Å². The topological polar surface area (TPSA) is 78.9 Å². The van der Waals surface area contributed by atoms with Crippen LogP contribution in [-0.2, 0) is 28.6 Å². The summed E-state index contributed by atoms with van der Waals surface area (Å²) in [5, 5.41) is 0. The first-order valence-electron chi connectivity index (χ1n) is 34.7. The van der Waals surface area contributed by atoms with E-state index in [1.165, 1.54) is 193 Å². The fourth-order valence-electron chi connectivity index (χ4n) is 9.93. The molecule has 1 atom stereocenters. The summed E-state index contributed by atoms with van der Waals surface area (Å²) in [4.78, 5) is 38.4. The van der Waals surface area contributed by atoms with Gasteiger partial charge in [-0.2, -0.15) is 0 Å². The maximum Gasteiger partial charge on any atom is 0.306 e. The minimum Gasteiger partial charge on any atom is -0.462 e. The first-order chi connectivity index (χ1) is 40.0. The minimum atomic E-state index is -0.795. The normalized spacial score (nSPS) is 12.7. The number of carbonyl (C=O) groups excluding carboxylic acids is 3. The molecule has 0 bridgehead atoms. The average molecular weight is 1130 g/mol. The summed E-state index contributed by atoms with van der Waals surface area (Å²) in [6.45, 7) is 6.55. The van der Waals surface area contributed by atoms with Crippen LogP contribution in [0.4, 0.5) is 0 Å². The van der Waals surface area contributed by atoms with Gasteiger partial charge in [-0.25, -0.2) is 0 Å². The maximum absolute atomic E-state index is 12.9. The van der Waals surface area contributed by atoms with Crippen LogP contribution in [0.2, 0.25) is 0 Å². The van der Waals surface area contributed by atoms with E-state index in [0.29, 0.717) is 19.3 Å². The summed E-state index contributed by atoms with van der Waals surface area (Å²) in [7, 11) is 0. The van der Waals surface area contributed by atoms with Crippen LogP contribution in [0.15, 0.2) is 97.2 Å². The Morgan fingerprint density at radius 3 is 0.753 bits per heavy atom. The van der Waals surface area contributed by atoms with Gasteiger partial charge in [0, 0.05) is 19.3 Å². The molecule has 81 heavy (non-hydrogen) atoms. The van der Waals surface area contributed by atoms with Gasteiger partial charge in [-0.05, 0) is 83.5 Å². The Bertz CT molecular complexity index is 1580. The van der Waals surface area contributed by atoms with Crippen LogP contribution in [-0.4, -0.2) is 37.2 Å². The standard InChI is InChI=1S/C75H130O6/c1-4-7-10-13-16-19-22-25-28-31-34-35-36-37-38-39-40-41-42-45-47-50-53-56-59-62-65-68-74(77)80-71-72(81-75(78)69-66-63-60-57-54-51-48-44-33-30-27-24-21-18-15-12-9-6-3)70-79-73(76)67-64-61-58-55-52-49-46-43-32-29-26-23-20-17-14-11-8-5-2/h7,10,16,19,25,28,34-35,37-38,40-41,45,47,53,56,72H,4-6,8-9,11-15,17-18,20-24,26-27,29-33,36,39,42-44,46,48-52,54-55,57-71H2,1-3H3/b10-7-,19-16-,28-25-,35-34-,38-37-,41-40-,47-45-,56-53-. The van der Waals surface area contributed by atoms with Crippen molar-refractivity contribution in [3.63, 3.8) is 0 Å². The zero-order valence-corrected chi connectivity index (χ0v) is 53.5. The van der Waals surface area contributed by atoms with Crippen LogP contribution in [0.3, 0.4) is 0 Å². The lowest BCUT2D eigenvalue weighted by Gasteiger charge is -2.18. The molecule has 0 aliphatic carbocycles. The van der Waals surface area contributed by atoms with Crippen LogP contribution in [0.25, 0.3) is 0 Å². The second kappa shape index (κ2) is 68.8. The second-order valence-corrected chi connectivity index (χ2v) is 23.1. The number of rotatable bonds is 63. The molecule has 0 aliphatic heterocycles. The summed E-state index contributed by atoms with van der Waals surface area (Å²) in [6, 6.07) is 0. The molecule has 0 saturated heterocycles. The SMILES string of the molecule is CC/C=C\C/C=C\C/C=C\C/C=C\C/C=C\C/C=C\C/C=C\C/C=C\CCCCC(=O)OCC(COC(=O)CCCCCCCCCCCCCCCCCCCC)OC(=O)CCCCCCCCCCCCCCCCCCCC. The van der Waals surface area contributed by atoms with Gasteiger partial charge in [0.05, 0.1) is 0 Å². The maximum atomic E-state index is 12.9. The number of hydrogen-bond donors (Lipinski definition) is 0. The number of allylic oxidation sites excluding steroid dienone is 16. The number of hydrogen-bond acceptors (Lipinski definition) is 6. The molecule has 0 rings (SSSR count). The molecule has 466 valence electrons. The molecular weight excluding hydrogens is 997 g/mol. The highest BCUT2D eigenvalue weighted by Crippen LogP contribution is 2.18. The number of ether oxygens (including phenoxy) is 3. The number of carbonyl (C=O) groups is 3. The monoisotopic (exact) mass is 1130 g/mol. The van der Waals surface area contributed by atoms with Crippen LogP contribution >= 0.6 is 0 Å². The van der Waals surface area contributed by atoms with Gasteiger partial charge in [0.2, 0.25) is 0 Å². The minimum absolute atomic E-state index is 0.0866. The van der Waals surface area contributed by atoms with E-state index in [2.05, 4.69) is 118 Å². The van der Waals surface area contributed by atoms with E-state index in [0.717, 1.165) is 109 Å². The summed E-state index contributed by atoms with van der Waals surface area (Å²) < 4.78 is 17.0. The zero-order chi connectivity index (χ0) is 58.5. The lowest BCUT2D eigenvalue weighted by molar-refractivity contribution is -0.167. The largest absolute Gasteiger partial charge is 0.462 e. The summed E-state index contributed by atoms with van der Waals surface area (Å²) in [5.41, 5.74) is 0. The Morgan fingerprint density at radius 1 is 0.259 bits per heavy atom. The van der Waals surface area contributed by atoms with Crippen molar-refractivity contribution in [3.05, 3.63) is 97.2 Å². The lowest BCUT2D eigenvalue weighted by atomic mass is 10.0. The van der Waals surface area contributed by atoms with Crippen molar-refractivity contribution >= 4 is 17.9 Å². The summed E-state index contributed by atoms with van der Waals surface area (Å²) in [5.74, 6) is -0.913. The molecular formula is C75H130O6. The van der Waals surface area contributed by atoms with Gasteiger partial charge in [-0.15, -0.1) is 0 Å². The van der Waals surface area contributed by atoms with E-state index in [4.69, 9.17) is 14.2 Å². The van der Waals surface area contributed by atoms with E-state index >= 15 is 0 Å². The van der Waals surface area contributed by atoms with E-state index in [9.17, 15) is 14.4 Å². The van der Waals surface area contributed by atoms with Crippen molar-refractivity contribution in [1.82, 2.24) is 0 Å². The van der Waals surface area contributed by atoms with Crippen molar-refractivity contribution in [3.8, 4) is 0 Å². The average Bonchev–Trinajstić information content (AvgIpc) is 3.47. The van der Waals surface area contributed by atoms with Crippen molar-refractivity contribution in [2.45, 2.75) is 348 Å². The number of esters is 3. The van der Waals surface area contributed by atoms with Crippen LogP contribution in [0, 0.1) is 0 Å². The molecule has 0 fully saturated rings. The van der Waals surface area contributed by atoms with E-state index in [1.807, 2.05) is 0 Å². The molecule has 0 saturated carbocycles. The van der Waals surface area contributed by atoms with Gasteiger partial charge in [0.1, 0.15) is 13.2 Å². The van der Waals surface area contributed by atoms with Gasteiger partial charge >= 0.3 is 17.9 Å². The molecule has 0 radical (unpaired) electrons. The Labute approximate surface area is 502 Å². The first-order valence-corrected chi connectivity index (χ1v) is 34.7. The third-order valence-electron chi connectivity index (χ3n) is 15.1. The molecule has 0 aromatic heterocycles. The van der Waals surface area contributed by atoms with E-state index in [1.54, 1.807) is 0 Å². The smallest absolute Gasteiger partial charge is 0.306 e. The fraction of sp³-hybridized carbons (Fsp3) is 0.747. The Balaban J connectivity index is 4.42. The van der Waals surface area contributed by atoms with Gasteiger partial charge < -0.3 is 14.2 Å². The van der Waals surface area contributed by atoms with Crippen molar-refractivity contribution in [2.24, 2.45) is 0 Å². The van der Waals surface area contributed by atoms with Crippen molar-refractivity contribution < 1.29 is 28.6 Å². The van der Waals surface area contributed by atoms with Crippen molar-refractivity contribution in [2.75, 3.05) is 13.2 Å². The van der Waals surface area contributed by atoms with Crippen LogP contribution in [0.5, 0.6) is 0 Å². The van der Waals surface area contributed by atoms with Gasteiger partial charge in [-0.3, -0.25) is 14.4 Å². The molecule has 0 aromatic rings. The van der Waals surface area contributed by atoms with Gasteiger partial charge in [0.15, 0.2) is 6.10 Å². The third kappa shape index (κ3) is 67.0. The molecule has 6 nitrogen and oxygen atoms in total. The van der Waals surface area contributed by atoms with Gasteiger partial charge in [-0.1, -0.05) is 336 Å². The number of unbranched alkanes of at least 4 members (excludes halogenated alkanes) is 36. The Hall–Kier alpha value is -3.67. The fourth-order valence-corrected chi connectivity index (χ4v) is 9.93. The molecule has 0 amide bonds. The third-order valence-corrected chi connectivity index (χ3v) is 15.1.